The van der Waals surface area contributed by atoms with Crippen LogP contribution in [0.4, 0.5) is 0 Å². The summed E-state index contributed by atoms with van der Waals surface area (Å²) < 4.78 is 5.50. The Morgan fingerprint density at radius 3 is 2.63 bits per heavy atom. The first-order chi connectivity index (χ1) is 9.38. The fourth-order valence-electron chi connectivity index (χ4n) is 2.75. The molecule has 1 fully saturated rings. The number of hydrogen-bond acceptors (Lipinski definition) is 2. The number of rotatable bonds is 3. The van der Waals surface area contributed by atoms with Gasteiger partial charge in [0.1, 0.15) is 5.75 Å². The smallest absolute Gasteiger partial charge is 0.126 e. The molecule has 0 radical (unpaired) electrons. The van der Waals surface area contributed by atoms with Crippen LogP contribution in [0, 0.1) is 0 Å². The molecule has 1 atom stereocenters. The molecule has 1 aliphatic heterocycles. The predicted molar refractivity (Wildman–Crippen MR) is 78.4 cm³/mol. The van der Waals surface area contributed by atoms with Crippen LogP contribution in [0.3, 0.4) is 0 Å². The largest absolute Gasteiger partial charge is 0.496 e. The SMILES string of the molecule is COc1ccc(C2CCCN2)cc1-c1ccccc1. The fourth-order valence-corrected chi connectivity index (χ4v) is 2.75. The van der Waals surface area contributed by atoms with Gasteiger partial charge in [0, 0.05) is 11.6 Å². The highest BCUT2D eigenvalue weighted by Gasteiger charge is 2.17. The minimum absolute atomic E-state index is 0.494. The van der Waals surface area contributed by atoms with Crippen molar-refractivity contribution in [3.05, 3.63) is 54.1 Å². The topological polar surface area (TPSA) is 21.3 Å². The number of benzene rings is 2. The van der Waals surface area contributed by atoms with E-state index in [-0.39, 0.29) is 0 Å². The molecular formula is C17H19NO. The van der Waals surface area contributed by atoms with Crippen molar-refractivity contribution < 1.29 is 4.74 Å². The maximum absolute atomic E-state index is 5.50. The molecule has 0 spiro atoms. The third-order valence-corrected chi connectivity index (χ3v) is 3.77. The summed E-state index contributed by atoms with van der Waals surface area (Å²) in [4.78, 5) is 0. The second-order valence-corrected chi connectivity index (χ2v) is 4.97. The summed E-state index contributed by atoms with van der Waals surface area (Å²) in [5.74, 6) is 0.938. The van der Waals surface area contributed by atoms with Crippen LogP contribution in [0.15, 0.2) is 48.5 Å². The lowest BCUT2D eigenvalue weighted by Crippen LogP contribution is -2.12. The van der Waals surface area contributed by atoms with Gasteiger partial charge in [0.05, 0.1) is 7.11 Å². The first kappa shape index (κ1) is 12.2. The molecule has 3 rings (SSSR count). The van der Waals surface area contributed by atoms with Gasteiger partial charge in [-0.2, -0.15) is 0 Å². The van der Waals surface area contributed by atoms with Gasteiger partial charge in [0.25, 0.3) is 0 Å². The standard InChI is InChI=1S/C17H19NO/c1-19-17-10-9-14(16-8-5-11-18-16)12-15(17)13-6-3-2-4-7-13/h2-4,6-7,9-10,12,16,18H,5,8,11H2,1H3. The molecule has 1 aliphatic rings. The second kappa shape index (κ2) is 5.45. The van der Waals surface area contributed by atoms with Crippen molar-refractivity contribution in [1.82, 2.24) is 5.32 Å². The molecule has 2 heteroatoms. The molecular weight excluding hydrogens is 234 g/mol. The number of methoxy groups -OCH3 is 1. The Morgan fingerprint density at radius 2 is 1.95 bits per heavy atom. The van der Waals surface area contributed by atoms with Crippen molar-refractivity contribution in [2.75, 3.05) is 13.7 Å². The number of nitrogens with one attached hydrogen (secondary N) is 1. The number of hydrogen-bond donors (Lipinski definition) is 1. The van der Waals surface area contributed by atoms with Crippen molar-refractivity contribution in [2.24, 2.45) is 0 Å². The Bertz CT molecular complexity index is 544. The Kier molecular flexibility index (Phi) is 3.51. The summed E-state index contributed by atoms with van der Waals surface area (Å²) in [6, 6.07) is 17.4. The molecule has 1 N–H and O–H groups in total. The van der Waals surface area contributed by atoms with E-state index in [9.17, 15) is 0 Å². The summed E-state index contributed by atoms with van der Waals surface area (Å²) in [6.07, 6.45) is 2.48. The van der Waals surface area contributed by atoms with Crippen LogP contribution < -0.4 is 10.1 Å². The van der Waals surface area contributed by atoms with Crippen LogP contribution in [-0.2, 0) is 0 Å². The average molecular weight is 253 g/mol. The van der Waals surface area contributed by atoms with Crippen molar-refractivity contribution in [3.63, 3.8) is 0 Å². The third-order valence-electron chi connectivity index (χ3n) is 3.77. The van der Waals surface area contributed by atoms with Gasteiger partial charge in [0.15, 0.2) is 0 Å². The molecule has 98 valence electrons. The van der Waals surface area contributed by atoms with Gasteiger partial charge in [0.2, 0.25) is 0 Å². The van der Waals surface area contributed by atoms with Crippen LogP contribution in [0.2, 0.25) is 0 Å². The van der Waals surface area contributed by atoms with Crippen molar-refractivity contribution in [2.45, 2.75) is 18.9 Å². The summed E-state index contributed by atoms with van der Waals surface area (Å²) in [6.45, 7) is 1.12. The van der Waals surface area contributed by atoms with E-state index >= 15 is 0 Å². The van der Waals surface area contributed by atoms with Crippen LogP contribution in [0.5, 0.6) is 5.75 Å². The first-order valence-electron chi connectivity index (χ1n) is 6.85. The second-order valence-electron chi connectivity index (χ2n) is 4.97. The van der Waals surface area contributed by atoms with E-state index in [1.807, 2.05) is 6.07 Å². The van der Waals surface area contributed by atoms with Crippen molar-refractivity contribution >= 4 is 0 Å². The lowest BCUT2D eigenvalue weighted by Gasteiger charge is -2.15. The fraction of sp³-hybridized carbons (Fsp3) is 0.294. The molecule has 0 aliphatic carbocycles. The van der Waals surface area contributed by atoms with E-state index in [2.05, 4.69) is 47.8 Å². The summed E-state index contributed by atoms with van der Waals surface area (Å²) in [5.41, 5.74) is 3.74. The van der Waals surface area contributed by atoms with Crippen LogP contribution in [0.1, 0.15) is 24.4 Å². The summed E-state index contributed by atoms with van der Waals surface area (Å²) in [7, 11) is 1.73. The van der Waals surface area contributed by atoms with Gasteiger partial charge in [-0.3, -0.25) is 0 Å². The highest BCUT2D eigenvalue weighted by Crippen LogP contribution is 2.34. The molecule has 2 nitrogen and oxygen atoms in total. The van der Waals surface area contributed by atoms with Gasteiger partial charge < -0.3 is 10.1 Å². The summed E-state index contributed by atoms with van der Waals surface area (Å²) >= 11 is 0. The van der Waals surface area contributed by atoms with Gasteiger partial charge in [-0.1, -0.05) is 36.4 Å². The Balaban J connectivity index is 2.03. The quantitative estimate of drug-likeness (QED) is 0.898. The van der Waals surface area contributed by atoms with E-state index in [1.165, 1.54) is 29.5 Å². The lowest BCUT2D eigenvalue weighted by atomic mass is 9.98. The van der Waals surface area contributed by atoms with Gasteiger partial charge in [-0.05, 0) is 42.6 Å². The molecule has 0 saturated carbocycles. The predicted octanol–water partition coefficient (Wildman–Crippen LogP) is 3.79. The molecule has 2 aromatic rings. The third kappa shape index (κ3) is 2.49. The number of ether oxygens (including phenoxy) is 1. The minimum atomic E-state index is 0.494. The molecule has 1 heterocycles. The van der Waals surface area contributed by atoms with E-state index in [4.69, 9.17) is 4.74 Å². The minimum Gasteiger partial charge on any atom is -0.496 e. The lowest BCUT2D eigenvalue weighted by molar-refractivity contribution is 0.416. The maximum atomic E-state index is 5.50. The van der Waals surface area contributed by atoms with Crippen molar-refractivity contribution in [3.8, 4) is 16.9 Å². The highest BCUT2D eigenvalue weighted by atomic mass is 16.5. The van der Waals surface area contributed by atoms with E-state index in [0.29, 0.717) is 6.04 Å². The van der Waals surface area contributed by atoms with E-state index in [0.717, 1.165) is 12.3 Å². The van der Waals surface area contributed by atoms with Gasteiger partial charge in [-0.25, -0.2) is 0 Å². The molecule has 1 unspecified atom stereocenters. The maximum Gasteiger partial charge on any atom is 0.126 e. The normalized spacial score (nSPS) is 18.5. The molecule has 0 amide bonds. The molecule has 0 aromatic heterocycles. The Morgan fingerprint density at radius 1 is 1.11 bits per heavy atom. The molecule has 2 aromatic carbocycles. The average Bonchev–Trinajstić information content (AvgIpc) is 3.02. The zero-order chi connectivity index (χ0) is 13.1. The highest BCUT2D eigenvalue weighted by molar-refractivity contribution is 5.71. The zero-order valence-electron chi connectivity index (χ0n) is 11.2. The molecule has 19 heavy (non-hydrogen) atoms. The Hall–Kier alpha value is -1.80. The van der Waals surface area contributed by atoms with Gasteiger partial charge in [-0.15, -0.1) is 0 Å². The molecule has 1 saturated heterocycles. The van der Waals surface area contributed by atoms with Crippen molar-refractivity contribution in [1.29, 1.82) is 0 Å². The van der Waals surface area contributed by atoms with Gasteiger partial charge >= 0.3 is 0 Å². The van der Waals surface area contributed by atoms with Crippen LogP contribution in [-0.4, -0.2) is 13.7 Å². The Labute approximate surface area is 114 Å². The summed E-state index contributed by atoms with van der Waals surface area (Å²) in [5, 5.41) is 3.55. The van der Waals surface area contributed by atoms with Crippen LogP contribution >= 0.6 is 0 Å². The van der Waals surface area contributed by atoms with Crippen LogP contribution in [0.25, 0.3) is 11.1 Å². The first-order valence-corrected chi connectivity index (χ1v) is 6.85. The zero-order valence-corrected chi connectivity index (χ0v) is 11.2. The molecule has 0 bridgehead atoms. The van der Waals surface area contributed by atoms with E-state index in [1.54, 1.807) is 7.11 Å². The monoisotopic (exact) mass is 253 g/mol. The van der Waals surface area contributed by atoms with E-state index < -0.39 is 0 Å².